The molecule has 0 saturated heterocycles. The van der Waals surface area contributed by atoms with Crippen molar-refractivity contribution in [2.24, 2.45) is 0 Å². The van der Waals surface area contributed by atoms with Crippen LogP contribution in [0, 0.1) is 0 Å². The van der Waals surface area contributed by atoms with Crippen molar-refractivity contribution in [3.05, 3.63) is 12.2 Å². The standard InChI is InChI=1S/C13H19F5N2O3/c1-8(2)9(21)19-6-5-7-20-10(22)11(3,14)23-13(17,18)12(4,15)16/h1,5-7H2,2-4H3,(H,19,21)(H,20,22). The first-order valence-corrected chi connectivity index (χ1v) is 6.57. The number of carbonyl (C=O) groups is 2. The first-order valence-electron chi connectivity index (χ1n) is 6.57. The maximum absolute atomic E-state index is 13.7. The van der Waals surface area contributed by atoms with E-state index in [4.69, 9.17) is 0 Å². The van der Waals surface area contributed by atoms with Crippen LogP contribution in [0.15, 0.2) is 12.2 Å². The van der Waals surface area contributed by atoms with Gasteiger partial charge >= 0.3 is 12.0 Å². The third kappa shape index (κ3) is 6.93. The van der Waals surface area contributed by atoms with Crippen molar-refractivity contribution in [2.75, 3.05) is 13.1 Å². The second-order valence-electron chi connectivity index (χ2n) is 5.07. The highest BCUT2D eigenvalue weighted by atomic mass is 19.3. The van der Waals surface area contributed by atoms with Crippen LogP contribution in [0.25, 0.3) is 0 Å². The fraction of sp³-hybridized carbons (Fsp3) is 0.692. The SMILES string of the molecule is C=C(C)C(=O)NCCCNC(=O)C(C)(F)OC(F)(F)C(C)(F)F. The number of ether oxygens (including phenoxy) is 1. The molecule has 10 heteroatoms. The van der Waals surface area contributed by atoms with Crippen LogP contribution in [0.1, 0.15) is 27.2 Å². The third-order valence-corrected chi connectivity index (χ3v) is 2.55. The summed E-state index contributed by atoms with van der Waals surface area (Å²) >= 11 is 0. The summed E-state index contributed by atoms with van der Waals surface area (Å²) in [6, 6.07) is 0. The Morgan fingerprint density at radius 2 is 1.52 bits per heavy atom. The van der Waals surface area contributed by atoms with Crippen LogP contribution in [0.4, 0.5) is 22.0 Å². The molecule has 0 saturated carbocycles. The summed E-state index contributed by atoms with van der Waals surface area (Å²) in [5, 5.41) is 4.33. The zero-order valence-electron chi connectivity index (χ0n) is 12.9. The smallest absolute Gasteiger partial charge is 0.352 e. The summed E-state index contributed by atoms with van der Waals surface area (Å²) in [6.45, 7) is 4.92. The molecule has 0 aliphatic heterocycles. The molecule has 0 rings (SSSR count). The first-order chi connectivity index (χ1) is 10.2. The number of halogens is 5. The highest BCUT2D eigenvalue weighted by Gasteiger charge is 2.59. The first kappa shape index (κ1) is 21.3. The molecule has 23 heavy (non-hydrogen) atoms. The van der Waals surface area contributed by atoms with Gasteiger partial charge in [0.25, 0.3) is 11.8 Å². The van der Waals surface area contributed by atoms with Crippen molar-refractivity contribution >= 4 is 11.8 Å². The highest BCUT2D eigenvalue weighted by molar-refractivity contribution is 5.92. The Balaban J connectivity index is 4.34. The Hall–Kier alpha value is -1.71. The van der Waals surface area contributed by atoms with Gasteiger partial charge in [-0.25, -0.2) is 4.39 Å². The van der Waals surface area contributed by atoms with E-state index in [0.717, 1.165) is 0 Å². The molecule has 134 valence electrons. The number of rotatable bonds is 9. The average molecular weight is 346 g/mol. The van der Waals surface area contributed by atoms with Crippen LogP contribution < -0.4 is 10.6 Å². The van der Waals surface area contributed by atoms with Crippen molar-refractivity contribution in [3.8, 4) is 0 Å². The number of nitrogens with one attached hydrogen (secondary N) is 2. The lowest BCUT2D eigenvalue weighted by molar-refractivity contribution is -0.385. The van der Waals surface area contributed by atoms with Crippen LogP contribution in [-0.4, -0.2) is 42.8 Å². The van der Waals surface area contributed by atoms with Gasteiger partial charge in [-0.1, -0.05) is 6.58 Å². The van der Waals surface area contributed by atoms with Gasteiger partial charge in [0.2, 0.25) is 5.91 Å². The molecule has 0 spiro atoms. The lowest BCUT2D eigenvalue weighted by Crippen LogP contribution is -2.52. The van der Waals surface area contributed by atoms with E-state index in [9.17, 15) is 31.5 Å². The monoisotopic (exact) mass is 346 g/mol. The van der Waals surface area contributed by atoms with E-state index in [0.29, 0.717) is 6.92 Å². The normalized spacial score (nSPS) is 14.8. The van der Waals surface area contributed by atoms with Crippen molar-refractivity contribution in [2.45, 2.75) is 45.1 Å². The average Bonchev–Trinajstić information content (AvgIpc) is 2.34. The molecule has 1 atom stereocenters. The van der Waals surface area contributed by atoms with E-state index in [1.54, 1.807) is 0 Å². The van der Waals surface area contributed by atoms with Gasteiger partial charge in [0, 0.05) is 32.5 Å². The van der Waals surface area contributed by atoms with E-state index in [2.05, 4.69) is 16.6 Å². The molecule has 0 aromatic heterocycles. The van der Waals surface area contributed by atoms with Gasteiger partial charge in [0.1, 0.15) is 0 Å². The maximum atomic E-state index is 13.7. The van der Waals surface area contributed by atoms with Crippen LogP contribution in [-0.2, 0) is 14.3 Å². The number of alkyl halides is 5. The lowest BCUT2D eigenvalue weighted by Gasteiger charge is -2.29. The predicted molar refractivity (Wildman–Crippen MR) is 71.6 cm³/mol. The zero-order chi connectivity index (χ0) is 18.5. The van der Waals surface area contributed by atoms with Crippen LogP contribution >= 0.6 is 0 Å². The Morgan fingerprint density at radius 3 is 1.96 bits per heavy atom. The highest BCUT2D eigenvalue weighted by Crippen LogP contribution is 2.38. The number of amides is 2. The fourth-order valence-corrected chi connectivity index (χ4v) is 1.18. The molecule has 0 aromatic rings. The van der Waals surface area contributed by atoms with Gasteiger partial charge in [0.15, 0.2) is 0 Å². The number of carbonyl (C=O) groups excluding carboxylic acids is 2. The lowest BCUT2D eigenvalue weighted by atomic mass is 10.3. The van der Waals surface area contributed by atoms with Gasteiger partial charge in [-0.3, -0.25) is 14.3 Å². The van der Waals surface area contributed by atoms with E-state index in [-0.39, 0.29) is 32.0 Å². The summed E-state index contributed by atoms with van der Waals surface area (Å²) in [7, 11) is 0. The molecular formula is C13H19F5N2O3. The van der Waals surface area contributed by atoms with E-state index in [1.165, 1.54) is 6.92 Å². The van der Waals surface area contributed by atoms with Crippen LogP contribution in [0.2, 0.25) is 0 Å². The molecule has 5 nitrogen and oxygen atoms in total. The largest absolute Gasteiger partial charge is 0.422 e. The maximum Gasteiger partial charge on any atom is 0.422 e. The molecule has 2 amide bonds. The topological polar surface area (TPSA) is 67.4 Å². The van der Waals surface area contributed by atoms with Gasteiger partial charge < -0.3 is 10.6 Å². The third-order valence-electron chi connectivity index (χ3n) is 2.55. The summed E-state index contributed by atoms with van der Waals surface area (Å²) in [5.74, 6) is -10.4. The van der Waals surface area contributed by atoms with Crippen LogP contribution in [0.3, 0.4) is 0 Å². The molecule has 0 aliphatic carbocycles. The molecule has 1 unspecified atom stereocenters. The van der Waals surface area contributed by atoms with Crippen molar-refractivity contribution in [1.29, 1.82) is 0 Å². The molecule has 0 radical (unpaired) electrons. The van der Waals surface area contributed by atoms with Gasteiger partial charge in [-0.15, -0.1) is 0 Å². The minimum Gasteiger partial charge on any atom is -0.352 e. The van der Waals surface area contributed by atoms with E-state index >= 15 is 0 Å². The Labute approximate surface area is 130 Å². The fourth-order valence-electron chi connectivity index (χ4n) is 1.18. The van der Waals surface area contributed by atoms with Crippen molar-refractivity contribution in [3.63, 3.8) is 0 Å². The predicted octanol–water partition coefficient (Wildman–Crippen LogP) is 2.14. The molecule has 0 fully saturated rings. The molecule has 0 aromatic carbocycles. The summed E-state index contributed by atoms with van der Waals surface area (Å²) in [6.07, 6.45) is -5.00. The summed E-state index contributed by atoms with van der Waals surface area (Å²) in [4.78, 5) is 22.5. The number of hydrogen-bond acceptors (Lipinski definition) is 3. The minimum absolute atomic E-state index is 0.110. The van der Waals surface area contributed by atoms with Crippen molar-refractivity contribution in [1.82, 2.24) is 10.6 Å². The molecule has 0 heterocycles. The quantitative estimate of drug-likeness (QED) is 0.382. The molecule has 2 N–H and O–H groups in total. The Bertz CT molecular complexity index is 461. The summed E-state index contributed by atoms with van der Waals surface area (Å²) in [5.41, 5.74) is 0.265. The van der Waals surface area contributed by atoms with Gasteiger partial charge in [-0.05, 0) is 13.3 Å². The second kappa shape index (κ2) is 7.71. The van der Waals surface area contributed by atoms with E-state index in [1.807, 2.05) is 5.32 Å². The van der Waals surface area contributed by atoms with Gasteiger partial charge in [-0.2, -0.15) is 17.6 Å². The Morgan fingerprint density at radius 1 is 1.04 bits per heavy atom. The van der Waals surface area contributed by atoms with E-state index < -0.39 is 29.7 Å². The Kier molecular flexibility index (Phi) is 7.14. The van der Waals surface area contributed by atoms with Gasteiger partial charge in [0.05, 0.1) is 0 Å². The number of hydrogen-bond donors (Lipinski definition) is 2. The molecule has 0 aliphatic rings. The zero-order valence-corrected chi connectivity index (χ0v) is 12.9. The van der Waals surface area contributed by atoms with Crippen molar-refractivity contribution < 1.29 is 36.3 Å². The van der Waals surface area contributed by atoms with Crippen LogP contribution in [0.5, 0.6) is 0 Å². The molecular weight excluding hydrogens is 327 g/mol. The second-order valence-corrected chi connectivity index (χ2v) is 5.07. The summed E-state index contributed by atoms with van der Waals surface area (Å²) < 4.78 is 68.1. The molecule has 0 bridgehead atoms. The minimum atomic E-state index is -5.15.